The van der Waals surface area contributed by atoms with Crippen LogP contribution in [0.5, 0.6) is 0 Å². The summed E-state index contributed by atoms with van der Waals surface area (Å²) < 4.78 is 0. The summed E-state index contributed by atoms with van der Waals surface area (Å²) in [5.74, 6) is 1.48. The molecule has 0 aromatic carbocycles. The van der Waals surface area contributed by atoms with Crippen LogP contribution < -0.4 is 5.11 Å². The molecule has 1 radical (unpaired) electrons. The fourth-order valence-electron chi connectivity index (χ4n) is 9.25. The standard InChI is InChI=1S/C57H109O4.Ti/c1-50(2)44-38-32-26-20-14-8-11-17-23-29-35-41-47-53(58)56(61)57(7,54(59)48-42-36-30-24-18-12-9-15-21-27-33-39-45-51(3)4)55(60)49-43-37-31-25-19-13-10-16-22-28-34-40-46-52(5)6;/h50-52,56H,8-49H2,1-7H3;/q-1;+1. The molecule has 1 unspecified atom stereocenters. The van der Waals surface area contributed by atoms with Gasteiger partial charge in [0.05, 0.1) is 5.41 Å². The Morgan fingerprint density at radius 3 is 0.710 bits per heavy atom. The van der Waals surface area contributed by atoms with Crippen LogP contribution in [0.1, 0.15) is 318 Å². The van der Waals surface area contributed by atoms with Gasteiger partial charge in [-0.2, -0.15) is 0 Å². The van der Waals surface area contributed by atoms with Crippen LogP contribution in [-0.2, 0) is 36.1 Å². The van der Waals surface area contributed by atoms with Crippen LogP contribution in [0, 0.1) is 23.2 Å². The van der Waals surface area contributed by atoms with Crippen molar-refractivity contribution < 1.29 is 41.2 Å². The van der Waals surface area contributed by atoms with E-state index in [1.807, 2.05) is 0 Å². The van der Waals surface area contributed by atoms with Crippen molar-refractivity contribution in [3.63, 3.8) is 0 Å². The first-order chi connectivity index (χ1) is 29.4. The minimum absolute atomic E-state index is 0. The zero-order chi connectivity index (χ0) is 45.2. The third kappa shape index (κ3) is 38.9. The molecule has 0 aliphatic rings. The Labute approximate surface area is 403 Å². The zero-order valence-electron chi connectivity index (χ0n) is 43.1. The monoisotopic (exact) mass is 906 g/mol. The van der Waals surface area contributed by atoms with Crippen LogP contribution in [0.25, 0.3) is 0 Å². The minimum atomic E-state index is -1.77. The van der Waals surface area contributed by atoms with E-state index in [0.717, 1.165) is 56.3 Å². The van der Waals surface area contributed by atoms with E-state index < -0.39 is 17.3 Å². The van der Waals surface area contributed by atoms with Crippen molar-refractivity contribution in [3.05, 3.63) is 0 Å². The topological polar surface area (TPSA) is 74.3 Å². The predicted molar refractivity (Wildman–Crippen MR) is 265 cm³/mol. The molecule has 365 valence electrons. The van der Waals surface area contributed by atoms with Gasteiger partial charge in [0.2, 0.25) is 0 Å². The fraction of sp³-hybridized carbons (Fsp3) is 0.947. The molecule has 0 saturated heterocycles. The number of rotatable bonds is 49. The first-order valence-electron chi connectivity index (χ1n) is 27.7. The molecule has 0 aromatic rings. The summed E-state index contributed by atoms with van der Waals surface area (Å²) in [6, 6.07) is 0. The summed E-state index contributed by atoms with van der Waals surface area (Å²) in [5, 5.41) is 13.8. The molecule has 0 rings (SSSR count). The van der Waals surface area contributed by atoms with E-state index in [1.54, 1.807) is 0 Å². The van der Waals surface area contributed by atoms with Crippen molar-refractivity contribution in [3.8, 4) is 0 Å². The molecule has 0 N–H and O–H groups in total. The van der Waals surface area contributed by atoms with Crippen molar-refractivity contribution in [2.45, 2.75) is 324 Å². The second-order valence-corrected chi connectivity index (χ2v) is 21.4. The smallest absolute Gasteiger partial charge is 0.845 e. The van der Waals surface area contributed by atoms with E-state index in [4.69, 9.17) is 0 Å². The number of hydrogen-bond acceptors (Lipinski definition) is 4. The van der Waals surface area contributed by atoms with Gasteiger partial charge in [0.15, 0.2) is 0 Å². The Morgan fingerprint density at radius 2 is 0.500 bits per heavy atom. The van der Waals surface area contributed by atoms with E-state index in [9.17, 15) is 19.5 Å². The average molecular weight is 906 g/mol. The van der Waals surface area contributed by atoms with Crippen LogP contribution in [0.4, 0.5) is 0 Å². The van der Waals surface area contributed by atoms with Crippen LogP contribution >= 0.6 is 0 Å². The fourth-order valence-corrected chi connectivity index (χ4v) is 9.25. The van der Waals surface area contributed by atoms with Gasteiger partial charge in [-0.15, -0.1) is 0 Å². The number of carbonyl (C=O) groups excluding carboxylic acids is 3. The number of ketones is 3. The molecule has 0 aliphatic heterocycles. The molecule has 0 heterocycles. The van der Waals surface area contributed by atoms with Gasteiger partial charge in [-0.25, -0.2) is 0 Å². The summed E-state index contributed by atoms with van der Waals surface area (Å²) in [7, 11) is 0. The molecule has 0 fully saturated rings. The van der Waals surface area contributed by atoms with Gasteiger partial charge in [-0.3, -0.25) is 9.59 Å². The molecule has 5 heteroatoms. The predicted octanol–water partition coefficient (Wildman–Crippen LogP) is 17.8. The Balaban J connectivity index is 0. The maximum atomic E-state index is 13.8. The van der Waals surface area contributed by atoms with Crippen LogP contribution in [-0.4, -0.2) is 23.5 Å². The normalized spacial score (nSPS) is 12.4. The van der Waals surface area contributed by atoms with Crippen molar-refractivity contribution in [1.82, 2.24) is 0 Å². The molecule has 0 bridgehead atoms. The van der Waals surface area contributed by atoms with E-state index in [1.165, 1.54) is 200 Å². The number of carbonyl (C=O) groups is 3. The number of unbranched alkanes of at least 4 members (excludes halogenated alkanes) is 33. The molecule has 1 atom stereocenters. The maximum Gasteiger partial charge on any atom is 1.00 e. The third-order valence-electron chi connectivity index (χ3n) is 13.8. The van der Waals surface area contributed by atoms with Crippen LogP contribution in [0.15, 0.2) is 0 Å². The minimum Gasteiger partial charge on any atom is -0.845 e. The number of hydrogen-bond donors (Lipinski definition) is 0. The summed E-state index contributed by atoms with van der Waals surface area (Å²) in [5.41, 5.74) is -1.73. The first-order valence-corrected chi connectivity index (χ1v) is 27.7. The van der Waals surface area contributed by atoms with Gasteiger partial charge in [0.25, 0.3) is 0 Å². The molecular formula is C57H109O4Ti. The second-order valence-electron chi connectivity index (χ2n) is 21.4. The van der Waals surface area contributed by atoms with Crippen molar-refractivity contribution in [2.24, 2.45) is 23.2 Å². The van der Waals surface area contributed by atoms with E-state index >= 15 is 0 Å². The summed E-state index contributed by atoms with van der Waals surface area (Å²) in [6.45, 7) is 15.4. The quantitative estimate of drug-likeness (QED) is 0.0346. The molecule has 0 amide bonds. The largest absolute Gasteiger partial charge is 1.00 e. The van der Waals surface area contributed by atoms with Gasteiger partial charge in [-0.05, 0) is 50.0 Å². The van der Waals surface area contributed by atoms with Crippen molar-refractivity contribution in [2.75, 3.05) is 0 Å². The molecule has 0 aromatic heterocycles. The van der Waals surface area contributed by atoms with Gasteiger partial charge in [0, 0.05) is 19.3 Å². The van der Waals surface area contributed by atoms with Gasteiger partial charge >= 0.3 is 21.7 Å². The Morgan fingerprint density at radius 1 is 0.323 bits per heavy atom. The molecule has 4 nitrogen and oxygen atoms in total. The van der Waals surface area contributed by atoms with E-state index in [2.05, 4.69) is 41.5 Å². The van der Waals surface area contributed by atoms with Gasteiger partial charge in [-0.1, -0.05) is 273 Å². The van der Waals surface area contributed by atoms with Gasteiger partial charge in [0.1, 0.15) is 17.3 Å². The molecule has 0 aliphatic carbocycles. The van der Waals surface area contributed by atoms with Crippen LogP contribution in [0.3, 0.4) is 0 Å². The zero-order valence-corrected chi connectivity index (χ0v) is 44.7. The average Bonchev–Trinajstić information content (AvgIpc) is 3.22. The maximum absolute atomic E-state index is 13.8. The second kappa shape index (κ2) is 45.8. The van der Waals surface area contributed by atoms with Crippen molar-refractivity contribution >= 4 is 17.3 Å². The molecule has 0 saturated carbocycles. The third-order valence-corrected chi connectivity index (χ3v) is 13.8. The Kier molecular flexibility index (Phi) is 47.1. The first kappa shape index (κ1) is 63.8. The van der Waals surface area contributed by atoms with Gasteiger partial charge < -0.3 is 9.90 Å². The summed E-state index contributed by atoms with van der Waals surface area (Å²) in [4.78, 5) is 40.9. The summed E-state index contributed by atoms with van der Waals surface area (Å²) >= 11 is 0. The molecule has 0 spiro atoms. The SMILES string of the molecule is CC(C)CCCCCCCCCCCCCCC(=O)C([O-])C(C)(C(=O)CCCCCCCCCCCCCCC(C)C)C(=O)CCCCCCCCCCCCCCC(C)C.[Ti+]. The van der Waals surface area contributed by atoms with Crippen LogP contribution in [0.2, 0.25) is 0 Å². The van der Waals surface area contributed by atoms with Crippen molar-refractivity contribution in [1.29, 1.82) is 0 Å². The Hall–Kier alpha value is -0.316. The number of Topliss-reactive ketones (excluding diaryl/α,β-unsaturated/α-hetero) is 3. The van der Waals surface area contributed by atoms with E-state index in [-0.39, 0.29) is 52.5 Å². The summed E-state index contributed by atoms with van der Waals surface area (Å²) in [6.07, 6.45) is 46.7. The molecule has 62 heavy (non-hydrogen) atoms. The molecular weight excluding hydrogens is 796 g/mol. The Bertz CT molecular complexity index is 941. The van der Waals surface area contributed by atoms with E-state index in [0.29, 0.717) is 19.3 Å².